The normalized spacial score (nSPS) is 10.9. The highest BCUT2D eigenvalue weighted by atomic mass is 79.9. The Morgan fingerprint density at radius 3 is 2.36 bits per heavy atom. The van der Waals surface area contributed by atoms with E-state index in [1.54, 1.807) is 30.5 Å². The van der Waals surface area contributed by atoms with E-state index in [1.165, 1.54) is 4.40 Å². The highest BCUT2D eigenvalue weighted by molar-refractivity contribution is 9.10. The molecule has 3 aromatic carbocycles. The van der Waals surface area contributed by atoms with Gasteiger partial charge in [0.25, 0.3) is 5.56 Å². The minimum absolute atomic E-state index is 0.0401. The third kappa shape index (κ3) is 4.20. The van der Waals surface area contributed by atoms with Crippen LogP contribution < -0.4 is 21.8 Å². The van der Waals surface area contributed by atoms with Crippen LogP contribution in [-0.4, -0.2) is 14.4 Å². The zero-order valence-corrected chi connectivity index (χ0v) is 18.9. The molecule has 0 aliphatic carbocycles. The van der Waals surface area contributed by atoms with Crippen molar-refractivity contribution in [3.8, 4) is 0 Å². The summed E-state index contributed by atoms with van der Waals surface area (Å²) >= 11 is 3.51. The Morgan fingerprint density at radius 1 is 0.818 bits per heavy atom. The predicted octanol–water partition coefficient (Wildman–Crippen LogP) is 4.72. The van der Waals surface area contributed by atoms with Crippen molar-refractivity contribution in [3.05, 3.63) is 116 Å². The van der Waals surface area contributed by atoms with Crippen LogP contribution in [0.1, 0.15) is 5.56 Å². The number of benzene rings is 3. The second kappa shape index (κ2) is 8.84. The molecule has 0 aliphatic rings. The lowest BCUT2D eigenvalue weighted by Crippen LogP contribution is -2.19. The molecule has 5 aromatic rings. The summed E-state index contributed by atoms with van der Waals surface area (Å²) in [7, 11) is 0. The van der Waals surface area contributed by atoms with Gasteiger partial charge in [-0.2, -0.15) is 4.98 Å². The average molecular weight is 500 g/mol. The van der Waals surface area contributed by atoms with Gasteiger partial charge in [-0.3, -0.25) is 14.0 Å². The van der Waals surface area contributed by atoms with E-state index in [1.807, 2.05) is 54.6 Å². The summed E-state index contributed by atoms with van der Waals surface area (Å²) < 4.78 is 2.07. The summed E-state index contributed by atoms with van der Waals surface area (Å²) in [6.07, 6.45) is 1.58. The zero-order chi connectivity index (χ0) is 22.8. The lowest BCUT2D eigenvalue weighted by molar-refractivity contribution is 1.07. The number of nitrogens with zero attached hydrogens (tertiary/aromatic N) is 3. The Balaban J connectivity index is 1.73. The number of anilines is 3. The van der Waals surface area contributed by atoms with Gasteiger partial charge in [-0.1, -0.05) is 54.6 Å². The van der Waals surface area contributed by atoms with Gasteiger partial charge in [0.2, 0.25) is 5.65 Å². The van der Waals surface area contributed by atoms with Crippen molar-refractivity contribution in [1.29, 1.82) is 0 Å². The highest BCUT2D eigenvalue weighted by Crippen LogP contribution is 2.28. The largest absolute Gasteiger partial charge is 0.377 e. The molecule has 0 unspecified atom stereocenters. The van der Waals surface area contributed by atoms with Crippen molar-refractivity contribution >= 4 is 49.7 Å². The molecule has 0 amide bonds. The van der Waals surface area contributed by atoms with Crippen molar-refractivity contribution in [3.63, 3.8) is 0 Å². The van der Waals surface area contributed by atoms with Crippen molar-refractivity contribution < 1.29 is 0 Å². The topological polar surface area (TPSA) is 88.4 Å². The fourth-order valence-electron chi connectivity index (χ4n) is 3.53. The van der Waals surface area contributed by atoms with E-state index >= 15 is 0 Å². The van der Waals surface area contributed by atoms with Gasteiger partial charge in [0.1, 0.15) is 0 Å². The molecule has 33 heavy (non-hydrogen) atoms. The average Bonchev–Trinajstić information content (AvgIpc) is 2.97. The smallest absolute Gasteiger partial charge is 0.315 e. The Morgan fingerprint density at radius 2 is 1.55 bits per heavy atom. The molecule has 2 N–H and O–H groups in total. The monoisotopic (exact) mass is 499 g/mol. The number of fused-ring (bicyclic) bond motifs is 2. The van der Waals surface area contributed by atoms with E-state index in [2.05, 4.69) is 36.5 Å². The zero-order valence-electron chi connectivity index (χ0n) is 17.3. The van der Waals surface area contributed by atoms with Crippen LogP contribution in [0.15, 0.2) is 99.1 Å². The third-order valence-corrected chi connectivity index (χ3v) is 5.87. The molecule has 0 radical (unpaired) electrons. The first-order valence-corrected chi connectivity index (χ1v) is 11.1. The fourth-order valence-corrected chi connectivity index (χ4v) is 3.91. The fraction of sp³-hybridized carbons (Fsp3) is 0.0400. The highest BCUT2D eigenvalue weighted by Gasteiger charge is 2.13. The molecule has 0 saturated carbocycles. The van der Waals surface area contributed by atoms with Crippen molar-refractivity contribution in [1.82, 2.24) is 14.4 Å². The first-order chi connectivity index (χ1) is 16.1. The maximum absolute atomic E-state index is 13.2. The van der Waals surface area contributed by atoms with Crippen molar-refractivity contribution in [2.45, 2.75) is 6.54 Å². The number of aromatic nitrogens is 3. The maximum atomic E-state index is 13.2. The first kappa shape index (κ1) is 20.8. The molecule has 0 aliphatic heterocycles. The molecular formula is C25H18BrN5O2. The first-order valence-electron chi connectivity index (χ1n) is 10.3. The SMILES string of the molecule is O=c1nc(Nc2ccccc2Br)c(NCc2ccccc2)cn2c(=O)c3ccccc3nc12. The number of hydrogen-bond acceptors (Lipinski definition) is 6. The number of halogens is 1. The molecule has 2 aromatic heterocycles. The van der Waals surface area contributed by atoms with Crippen LogP contribution in [0.2, 0.25) is 0 Å². The lowest BCUT2D eigenvalue weighted by atomic mass is 10.2. The minimum Gasteiger partial charge on any atom is -0.377 e. The van der Waals surface area contributed by atoms with E-state index < -0.39 is 5.56 Å². The summed E-state index contributed by atoms with van der Waals surface area (Å²) in [6.45, 7) is 0.475. The molecule has 5 rings (SSSR count). The van der Waals surface area contributed by atoms with Crippen LogP contribution in [-0.2, 0) is 6.54 Å². The Labute approximate surface area is 196 Å². The third-order valence-electron chi connectivity index (χ3n) is 5.18. The van der Waals surface area contributed by atoms with Gasteiger partial charge in [-0.25, -0.2) is 4.98 Å². The quantitative estimate of drug-likeness (QED) is 0.363. The van der Waals surface area contributed by atoms with Crippen molar-refractivity contribution in [2.75, 3.05) is 10.6 Å². The Kier molecular flexibility index (Phi) is 5.58. The molecule has 162 valence electrons. The minimum atomic E-state index is -0.611. The second-order valence-corrected chi connectivity index (χ2v) is 8.23. The van der Waals surface area contributed by atoms with Crippen LogP contribution in [0.4, 0.5) is 17.2 Å². The molecular weight excluding hydrogens is 482 g/mol. The molecule has 0 fully saturated rings. The number of para-hydroxylation sites is 2. The summed E-state index contributed by atoms with van der Waals surface area (Å²) in [5, 5.41) is 6.95. The van der Waals surface area contributed by atoms with E-state index in [9.17, 15) is 9.59 Å². The summed E-state index contributed by atoms with van der Waals surface area (Å²) in [5.41, 5.74) is 1.72. The molecule has 7 nitrogen and oxygen atoms in total. The van der Waals surface area contributed by atoms with Crippen LogP contribution in [0, 0.1) is 0 Å². The van der Waals surface area contributed by atoms with Crippen LogP contribution >= 0.6 is 15.9 Å². The number of nitrogens with one attached hydrogen (secondary N) is 2. The number of hydrogen-bond donors (Lipinski definition) is 2. The van der Waals surface area contributed by atoms with E-state index in [4.69, 9.17) is 0 Å². The predicted molar refractivity (Wildman–Crippen MR) is 134 cm³/mol. The van der Waals surface area contributed by atoms with E-state index in [-0.39, 0.29) is 17.0 Å². The Hall–Kier alpha value is -4.04. The van der Waals surface area contributed by atoms with Gasteiger partial charge >= 0.3 is 5.56 Å². The van der Waals surface area contributed by atoms with Crippen LogP contribution in [0.25, 0.3) is 16.6 Å². The van der Waals surface area contributed by atoms with Gasteiger partial charge in [-0.15, -0.1) is 0 Å². The molecule has 0 bridgehead atoms. The van der Waals surface area contributed by atoms with Gasteiger partial charge in [-0.05, 0) is 45.8 Å². The van der Waals surface area contributed by atoms with Gasteiger partial charge < -0.3 is 10.6 Å². The standard InChI is InChI=1S/C25H18BrN5O2/c26-18-11-5-7-13-20(18)28-22-21(27-14-16-8-2-1-3-9-16)15-31-23(24(32)30-22)29-19-12-6-4-10-17(19)25(31)33/h1-13,15,27H,14H2,(H,28,30,32). The molecule has 2 heterocycles. The summed E-state index contributed by atoms with van der Waals surface area (Å²) in [6, 6.07) is 24.3. The number of rotatable bonds is 5. The second-order valence-electron chi connectivity index (χ2n) is 7.38. The van der Waals surface area contributed by atoms with Crippen LogP contribution in [0.3, 0.4) is 0 Å². The van der Waals surface area contributed by atoms with Gasteiger partial charge in [0.15, 0.2) is 5.82 Å². The van der Waals surface area contributed by atoms with Gasteiger partial charge in [0, 0.05) is 17.2 Å². The van der Waals surface area contributed by atoms with Crippen molar-refractivity contribution in [2.24, 2.45) is 0 Å². The molecule has 8 heteroatoms. The Bertz CT molecular complexity index is 1600. The maximum Gasteiger partial charge on any atom is 0.315 e. The molecule has 0 spiro atoms. The van der Waals surface area contributed by atoms with E-state index in [0.717, 1.165) is 15.7 Å². The van der Waals surface area contributed by atoms with Crippen LogP contribution in [0.5, 0.6) is 0 Å². The summed E-state index contributed by atoms with van der Waals surface area (Å²) in [5.74, 6) is 0.289. The van der Waals surface area contributed by atoms with E-state index in [0.29, 0.717) is 23.1 Å². The van der Waals surface area contributed by atoms with Gasteiger partial charge in [0.05, 0.1) is 22.3 Å². The summed E-state index contributed by atoms with van der Waals surface area (Å²) in [4.78, 5) is 35.0. The molecule has 0 saturated heterocycles. The molecule has 0 atom stereocenters. The lowest BCUT2D eigenvalue weighted by Gasteiger charge is -2.12.